The summed E-state index contributed by atoms with van der Waals surface area (Å²) in [6.45, 7) is 4.05. The van der Waals surface area contributed by atoms with Crippen molar-refractivity contribution >= 4 is 11.9 Å². The van der Waals surface area contributed by atoms with E-state index in [1.807, 2.05) is 18.7 Å². The molecule has 1 heterocycles. The first-order chi connectivity index (χ1) is 8.99. The average molecular weight is 268 g/mol. The van der Waals surface area contributed by atoms with Gasteiger partial charge in [-0.3, -0.25) is 14.5 Å². The molecule has 0 aromatic heterocycles. The largest absolute Gasteiger partial charge is 0.480 e. The molecule has 0 radical (unpaired) electrons. The molecule has 5 heteroatoms. The lowest BCUT2D eigenvalue weighted by Crippen LogP contribution is -2.48. The van der Waals surface area contributed by atoms with Crippen LogP contribution in [0, 0.1) is 5.92 Å². The lowest BCUT2D eigenvalue weighted by Gasteiger charge is -2.32. The van der Waals surface area contributed by atoms with E-state index in [-0.39, 0.29) is 24.5 Å². The van der Waals surface area contributed by atoms with Crippen LogP contribution in [-0.4, -0.2) is 46.6 Å². The Morgan fingerprint density at radius 3 is 2.63 bits per heavy atom. The van der Waals surface area contributed by atoms with Crippen molar-refractivity contribution < 1.29 is 14.7 Å². The zero-order valence-corrected chi connectivity index (χ0v) is 11.8. The SMILES string of the molecule is CC(C)NC(=O)CN1[C@@H]2CCCC[C@H]2C[C@H]1C(=O)O. The van der Waals surface area contributed by atoms with E-state index in [1.54, 1.807) is 0 Å². The van der Waals surface area contributed by atoms with Gasteiger partial charge in [0.2, 0.25) is 5.91 Å². The van der Waals surface area contributed by atoms with Gasteiger partial charge in [-0.25, -0.2) is 0 Å². The predicted octanol–water partition coefficient (Wildman–Crippen LogP) is 1.23. The van der Waals surface area contributed by atoms with Gasteiger partial charge in [0.15, 0.2) is 0 Å². The summed E-state index contributed by atoms with van der Waals surface area (Å²) in [7, 11) is 0. The average Bonchev–Trinajstić information content (AvgIpc) is 2.67. The van der Waals surface area contributed by atoms with Crippen LogP contribution in [0.4, 0.5) is 0 Å². The Balaban J connectivity index is 2.05. The van der Waals surface area contributed by atoms with Gasteiger partial charge in [0.1, 0.15) is 6.04 Å². The standard InChI is InChI=1S/C14H24N2O3/c1-9(2)15-13(17)8-16-11-6-4-3-5-10(11)7-12(16)14(18)19/h9-12H,3-8H2,1-2H3,(H,15,17)(H,18,19)/t10-,11+,12-/m0/s1. The van der Waals surface area contributed by atoms with Crippen LogP contribution in [0.1, 0.15) is 46.0 Å². The molecule has 0 aromatic rings. The van der Waals surface area contributed by atoms with Crippen molar-refractivity contribution in [2.45, 2.75) is 64.1 Å². The van der Waals surface area contributed by atoms with Crippen LogP contribution in [0.5, 0.6) is 0 Å². The van der Waals surface area contributed by atoms with Crippen LogP contribution in [0.3, 0.4) is 0 Å². The lowest BCUT2D eigenvalue weighted by atomic mass is 9.85. The first-order valence-electron chi connectivity index (χ1n) is 7.27. The summed E-state index contributed by atoms with van der Waals surface area (Å²) in [5.74, 6) is -0.388. The maximum atomic E-state index is 11.9. The van der Waals surface area contributed by atoms with Crippen molar-refractivity contribution in [2.75, 3.05) is 6.54 Å². The summed E-state index contributed by atoms with van der Waals surface area (Å²) in [6, 6.07) is -0.0979. The van der Waals surface area contributed by atoms with E-state index in [9.17, 15) is 14.7 Å². The number of nitrogens with zero attached hydrogens (tertiary/aromatic N) is 1. The summed E-state index contributed by atoms with van der Waals surface area (Å²) >= 11 is 0. The summed E-state index contributed by atoms with van der Waals surface area (Å²) in [5.41, 5.74) is 0. The number of carboxylic acid groups (broad SMARTS) is 1. The highest BCUT2D eigenvalue weighted by Crippen LogP contribution is 2.39. The zero-order chi connectivity index (χ0) is 14.0. The Morgan fingerprint density at radius 1 is 1.32 bits per heavy atom. The third-order valence-corrected chi connectivity index (χ3v) is 4.28. The normalized spacial score (nSPS) is 31.2. The number of aliphatic carboxylic acids is 1. The Labute approximate surface area is 114 Å². The molecule has 2 rings (SSSR count). The molecule has 3 atom stereocenters. The molecular formula is C14H24N2O3. The number of carboxylic acids is 1. The summed E-state index contributed by atoms with van der Waals surface area (Å²) in [5, 5.41) is 12.2. The fourth-order valence-corrected chi connectivity index (χ4v) is 3.56. The quantitative estimate of drug-likeness (QED) is 0.804. The Morgan fingerprint density at radius 2 is 2.00 bits per heavy atom. The lowest BCUT2D eigenvalue weighted by molar-refractivity contribution is -0.143. The van der Waals surface area contributed by atoms with Crippen molar-refractivity contribution in [3.05, 3.63) is 0 Å². The maximum Gasteiger partial charge on any atom is 0.320 e. The van der Waals surface area contributed by atoms with Crippen LogP contribution in [0.15, 0.2) is 0 Å². The topological polar surface area (TPSA) is 69.6 Å². The van der Waals surface area contributed by atoms with Gasteiger partial charge < -0.3 is 10.4 Å². The van der Waals surface area contributed by atoms with E-state index in [1.165, 1.54) is 6.42 Å². The van der Waals surface area contributed by atoms with Crippen LogP contribution in [0.25, 0.3) is 0 Å². The third-order valence-electron chi connectivity index (χ3n) is 4.28. The molecule has 0 aromatic carbocycles. The third kappa shape index (κ3) is 3.26. The molecule has 1 amide bonds. The minimum Gasteiger partial charge on any atom is -0.480 e. The van der Waals surface area contributed by atoms with E-state index in [4.69, 9.17) is 0 Å². The highest BCUT2D eigenvalue weighted by atomic mass is 16.4. The fourth-order valence-electron chi connectivity index (χ4n) is 3.56. The molecule has 2 N–H and O–H groups in total. The number of carbonyl (C=O) groups excluding carboxylic acids is 1. The zero-order valence-electron chi connectivity index (χ0n) is 11.8. The molecule has 1 aliphatic heterocycles. The number of hydrogen-bond acceptors (Lipinski definition) is 3. The Hall–Kier alpha value is -1.10. The molecule has 2 fully saturated rings. The van der Waals surface area contributed by atoms with Gasteiger partial charge in [-0.2, -0.15) is 0 Å². The number of fused-ring (bicyclic) bond motifs is 1. The van der Waals surface area contributed by atoms with Gasteiger partial charge in [0.25, 0.3) is 0 Å². The number of hydrogen-bond donors (Lipinski definition) is 2. The van der Waals surface area contributed by atoms with Crippen molar-refractivity contribution in [3.63, 3.8) is 0 Å². The second-order valence-electron chi connectivity index (χ2n) is 6.10. The smallest absolute Gasteiger partial charge is 0.320 e. The molecule has 1 saturated heterocycles. The summed E-state index contributed by atoms with van der Waals surface area (Å²) < 4.78 is 0. The first kappa shape index (κ1) is 14.3. The van der Waals surface area contributed by atoms with E-state index in [0.29, 0.717) is 12.3 Å². The molecular weight excluding hydrogens is 244 g/mol. The van der Waals surface area contributed by atoms with Crippen molar-refractivity contribution in [1.82, 2.24) is 10.2 Å². The van der Waals surface area contributed by atoms with Gasteiger partial charge in [-0.05, 0) is 39.0 Å². The van der Waals surface area contributed by atoms with Crippen LogP contribution in [0.2, 0.25) is 0 Å². The number of carbonyl (C=O) groups is 2. The summed E-state index contributed by atoms with van der Waals surface area (Å²) in [6.07, 6.45) is 5.18. The predicted molar refractivity (Wildman–Crippen MR) is 71.8 cm³/mol. The molecule has 2 aliphatic rings. The van der Waals surface area contributed by atoms with Crippen molar-refractivity contribution in [3.8, 4) is 0 Å². The number of amides is 1. The highest BCUT2D eigenvalue weighted by molar-refractivity contribution is 5.80. The minimum atomic E-state index is -0.785. The maximum absolute atomic E-state index is 11.9. The van der Waals surface area contributed by atoms with Crippen molar-refractivity contribution in [1.29, 1.82) is 0 Å². The molecule has 1 saturated carbocycles. The van der Waals surface area contributed by atoms with E-state index in [0.717, 1.165) is 19.3 Å². The molecule has 108 valence electrons. The molecule has 1 aliphatic carbocycles. The van der Waals surface area contributed by atoms with Gasteiger partial charge >= 0.3 is 5.97 Å². The summed E-state index contributed by atoms with van der Waals surface area (Å²) in [4.78, 5) is 25.2. The van der Waals surface area contributed by atoms with E-state index in [2.05, 4.69) is 5.32 Å². The first-order valence-corrected chi connectivity index (χ1v) is 7.27. The monoisotopic (exact) mass is 268 g/mol. The molecule has 0 bridgehead atoms. The van der Waals surface area contributed by atoms with Crippen LogP contribution < -0.4 is 5.32 Å². The van der Waals surface area contributed by atoms with Crippen molar-refractivity contribution in [2.24, 2.45) is 5.92 Å². The molecule has 0 spiro atoms. The van der Waals surface area contributed by atoms with Gasteiger partial charge in [-0.15, -0.1) is 0 Å². The Bertz CT molecular complexity index is 357. The highest BCUT2D eigenvalue weighted by Gasteiger charge is 2.45. The van der Waals surface area contributed by atoms with E-state index >= 15 is 0 Å². The second-order valence-corrected chi connectivity index (χ2v) is 6.10. The number of likely N-dealkylation sites (tertiary alicyclic amines) is 1. The van der Waals surface area contributed by atoms with Gasteiger partial charge in [0, 0.05) is 12.1 Å². The Kier molecular flexibility index (Phi) is 4.45. The molecule has 19 heavy (non-hydrogen) atoms. The number of rotatable bonds is 4. The van der Waals surface area contributed by atoms with Crippen LogP contribution in [-0.2, 0) is 9.59 Å². The number of nitrogens with one attached hydrogen (secondary N) is 1. The van der Waals surface area contributed by atoms with E-state index < -0.39 is 12.0 Å². The molecule has 0 unspecified atom stereocenters. The van der Waals surface area contributed by atoms with Gasteiger partial charge in [-0.1, -0.05) is 12.8 Å². The minimum absolute atomic E-state index is 0.0625. The second kappa shape index (κ2) is 5.90. The van der Waals surface area contributed by atoms with Gasteiger partial charge in [0.05, 0.1) is 6.54 Å². The fraction of sp³-hybridized carbons (Fsp3) is 0.857. The molecule has 5 nitrogen and oxygen atoms in total. The van der Waals surface area contributed by atoms with Crippen LogP contribution >= 0.6 is 0 Å².